The average Bonchev–Trinajstić information content (AvgIpc) is 0.913. The molecule has 0 heterocycles. The fraction of sp³-hybridized carbons (Fsp3) is 0.469. The van der Waals surface area contributed by atoms with E-state index in [9.17, 15) is 38.1 Å². The van der Waals surface area contributed by atoms with Crippen molar-refractivity contribution in [1.82, 2.24) is 0 Å². The van der Waals surface area contributed by atoms with Crippen molar-refractivity contribution < 1.29 is 75.1 Å². The van der Waals surface area contributed by atoms with Crippen molar-refractivity contribution in [3.8, 4) is 0 Å². The number of hydrogen-bond acceptors (Lipinski definition) is 16. The Balaban J connectivity index is 0. The summed E-state index contributed by atoms with van der Waals surface area (Å²) in [6.45, 7) is 6.57. The minimum atomic E-state index is -4.46. The fourth-order valence-electron chi connectivity index (χ4n) is 10.0. The highest BCUT2D eigenvalue weighted by Crippen LogP contribution is 2.44. The number of allylic oxidation sites excluding steroid dienone is 44. The highest BCUT2D eigenvalue weighted by Gasteiger charge is 2.27. The van der Waals surface area contributed by atoms with E-state index in [0.717, 1.165) is 25.7 Å². The van der Waals surface area contributed by atoms with Crippen LogP contribution < -0.4 is 11.5 Å². The molecule has 18 nitrogen and oxygen atoms in total. The van der Waals surface area contributed by atoms with E-state index >= 15 is 0 Å². The fourth-order valence-corrected chi connectivity index (χ4v) is 11.5. The molecule has 0 radical (unpaired) electrons. The number of carbonyl (C=O) groups excluding carboxylic acids is 4. The Labute approximate surface area is 712 Å². The normalized spacial score (nSPS) is 14.7. The maximum atomic E-state index is 12.4. The molecule has 0 aliphatic heterocycles. The van der Waals surface area contributed by atoms with Gasteiger partial charge in [0.15, 0.2) is 12.2 Å². The third-order valence-electron chi connectivity index (χ3n) is 16.4. The molecule has 2 unspecified atom stereocenters. The van der Waals surface area contributed by atoms with Crippen molar-refractivity contribution in [2.45, 2.75) is 245 Å². The second-order valence-corrected chi connectivity index (χ2v) is 30.0. The Bertz CT molecular complexity index is 3140. The molecule has 118 heavy (non-hydrogen) atoms. The number of rotatable bonds is 74. The number of nitrogens with two attached hydrogens (primary N) is 2. The van der Waals surface area contributed by atoms with E-state index in [4.69, 9.17) is 48.5 Å². The lowest BCUT2D eigenvalue weighted by molar-refractivity contribution is -0.154. The Hall–Kier alpha value is -8.22. The van der Waals surface area contributed by atoms with E-state index in [2.05, 4.69) is 76.3 Å². The quantitative estimate of drug-likeness (QED) is 0.0110. The topological polar surface area (TPSA) is 269 Å². The van der Waals surface area contributed by atoms with Gasteiger partial charge in [-0.2, -0.15) is 0 Å². The highest BCUT2D eigenvalue weighted by atomic mass is 31.2. The summed E-state index contributed by atoms with van der Waals surface area (Å²) in [7, 11) is -8.93. The van der Waals surface area contributed by atoms with E-state index < -0.39 is 78.2 Å². The van der Waals surface area contributed by atoms with Gasteiger partial charge in [0, 0.05) is 37.4 Å². The first-order valence-electron chi connectivity index (χ1n) is 43.1. The molecule has 0 aliphatic rings. The van der Waals surface area contributed by atoms with Crippen LogP contribution in [0.2, 0.25) is 0 Å². The third kappa shape index (κ3) is 91.7. The molecule has 0 saturated heterocycles. The first kappa shape index (κ1) is 112. The van der Waals surface area contributed by atoms with Crippen molar-refractivity contribution in [3.63, 3.8) is 0 Å². The molecule has 0 aromatic heterocycles. The van der Waals surface area contributed by atoms with Crippen LogP contribution >= 0.6 is 15.6 Å². The van der Waals surface area contributed by atoms with Crippen LogP contribution in [0.3, 0.4) is 0 Å². The zero-order valence-electron chi connectivity index (χ0n) is 71.8. The second-order valence-electron chi connectivity index (χ2n) is 27.1. The monoisotopic (exact) mass is 1670 g/mol. The minimum absolute atomic E-state index is 0.00369. The van der Waals surface area contributed by atoms with Gasteiger partial charge in [-0.1, -0.05) is 449 Å². The third-order valence-corrected chi connectivity index (χ3v) is 18.3. The van der Waals surface area contributed by atoms with Crippen LogP contribution in [0.15, 0.2) is 292 Å². The lowest BCUT2D eigenvalue weighted by atomic mass is 10.1. The summed E-state index contributed by atoms with van der Waals surface area (Å²) in [5.74, 6) is -2.95. The van der Waals surface area contributed by atoms with Crippen LogP contribution in [-0.4, -0.2) is 98.6 Å². The van der Waals surface area contributed by atoms with Gasteiger partial charge in [0.2, 0.25) is 0 Å². The summed E-state index contributed by atoms with van der Waals surface area (Å²) in [5.41, 5.74) is 10.6. The molecule has 0 bridgehead atoms. The molecule has 4 atom stereocenters. The number of phosphoric acid groups is 2. The largest absolute Gasteiger partial charge is 0.472 e. The predicted octanol–water partition coefficient (Wildman–Crippen LogP) is 25.0. The number of carbonyl (C=O) groups is 4. The Morgan fingerprint density at radius 1 is 0.254 bits per heavy atom. The van der Waals surface area contributed by atoms with Gasteiger partial charge in [-0.15, -0.1) is 0 Å². The summed E-state index contributed by atoms with van der Waals surface area (Å²) in [6.07, 6.45) is 126. The molecule has 0 saturated carbocycles. The minimum Gasteiger partial charge on any atom is -0.458 e. The van der Waals surface area contributed by atoms with Gasteiger partial charge >= 0.3 is 39.5 Å². The van der Waals surface area contributed by atoms with Crippen molar-refractivity contribution in [1.29, 1.82) is 0 Å². The SMILES string of the molecule is CCCCCCCCCC=CC=CC=CC=CC=CC=CC(=O)OC[C@H](COP(=O)(O)OCCN)OC(=O)C=CC=CC=CC=CC=CC=CCCCCCCCCC.CCCCCCCCCC=CC=CC=CC=CC=CC=CC(=O)OC[C@H](COP(=O)(O)OCCN)OC(=O)C=CC=CC=CC=CC=CC=CCCCCCCCCC. The molecular weight excluding hydrogens is 1520 g/mol. The first-order valence-corrected chi connectivity index (χ1v) is 46.1. The summed E-state index contributed by atoms with van der Waals surface area (Å²) in [4.78, 5) is 69.1. The van der Waals surface area contributed by atoms with Crippen molar-refractivity contribution in [3.05, 3.63) is 292 Å². The number of unbranched alkanes of at least 4 members (excludes halogenated alkanes) is 28. The summed E-state index contributed by atoms with van der Waals surface area (Å²) in [6, 6.07) is 0. The van der Waals surface area contributed by atoms with Crippen LogP contribution in [0.1, 0.15) is 233 Å². The highest BCUT2D eigenvalue weighted by molar-refractivity contribution is 7.47. The van der Waals surface area contributed by atoms with Gasteiger partial charge in [-0.05, 0) is 51.4 Å². The van der Waals surface area contributed by atoms with Crippen molar-refractivity contribution >= 4 is 39.5 Å². The Morgan fingerprint density at radius 3 is 0.653 bits per heavy atom. The molecule has 6 N–H and O–H groups in total. The van der Waals surface area contributed by atoms with Crippen molar-refractivity contribution in [2.24, 2.45) is 11.5 Å². The first-order chi connectivity index (χ1) is 57.7. The van der Waals surface area contributed by atoms with Crippen LogP contribution in [0.25, 0.3) is 0 Å². The zero-order valence-corrected chi connectivity index (χ0v) is 73.6. The molecule has 0 fully saturated rings. The Kier molecular flexibility index (Phi) is 86.3. The van der Waals surface area contributed by atoms with E-state index in [1.165, 1.54) is 228 Å². The van der Waals surface area contributed by atoms with E-state index in [0.29, 0.717) is 0 Å². The smallest absolute Gasteiger partial charge is 0.458 e. The molecule has 0 aliphatic carbocycles. The van der Waals surface area contributed by atoms with Gasteiger partial charge in [0.25, 0.3) is 0 Å². The van der Waals surface area contributed by atoms with E-state index in [1.54, 1.807) is 60.8 Å². The van der Waals surface area contributed by atoms with Gasteiger partial charge in [0.05, 0.1) is 26.4 Å². The molecule has 656 valence electrons. The standard InChI is InChI=1S/2C49H74NO8P/c2*1-3-5-7-9-11-13-15-17-19-21-23-25-27-29-31-33-35-37-39-41-48(51)55-45-47(46-57-59(53,54)56-44-43-50)58-49(52)42-40-38-36-34-32-30-28-26-24-22-20-18-16-14-12-10-8-6-4-2/h2*19-42,47H,3-18,43-46,50H2,1-2H3,(H,53,54)/t2*47-/m11/s1. The molecule has 0 spiro atoms. The molecule has 0 aromatic rings. The zero-order chi connectivity index (χ0) is 86.3. The van der Waals surface area contributed by atoms with Crippen LogP contribution in [0, 0.1) is 0 Å². The van der Waals surface area contributed by atoms with Crippen LogP contribution in [0.4, 0.5) is 0 Å². The number of esters is 4. The molecular formula is C98H148N2O16P2. The second kappa shape index (κ2) is 91.1. The molecule has 0 amide bonds. The number of phosphoric ester groups is 2. The maximum Gasteiger partial charge on any atom is 0.472 e. The maximum absolute atomic E-state index is 12.4. The van der Waals surface area contributed by atoms with Gasteiger partial charge in [-0.3, -0.25) is 18.1 Å². The molecule has 20 heteroatoms. The Morgan fingerprint density at radius 2 is 0.441 bits per heavy atom. The van der Waals surface area contributed by atoms with Gasteiger partial charge in [-0.25, -0.2) is 28.3 Å². The summed E-state index contributed by atoms with van der Waals surface area (Å²) < 4.78 is 64.4. The van der Waals surface area contributed by atoms with Gasteiger partial charge in [0.1, 0.15) is 13.2 Å². The van der Waals surface area contributed by atoms with Crippen LogP contribution in [-0.2, 0) is 65.4 Å². The lowest BCUT2D eigenvalue weighted by Crippen LogP contribution is -2.28. The average molecular weight is 1670 g/mol. The molecule has 0 aromatic carbocycles. The number of ether oxygens (including phenoxy) is 4. The van der Waals surface area contributed by atoms with E-state index in [-0.39, 0.29) is 26.3 Å². The summed E-state index contributed by atoms with van der Waals surface area (Å²) in [5, 5.41) is 0. The molecule has 0 rings (SSSR count). The van der Waals surface area contributed by atoms with Crippen molar-refractivity contribution in [2.75, 3.05) is 52.7 Å². The predicted molar refractivity (Wildman–Crippen MR) is 493 cm³/mol. The van der Waals surface area contributed by atoms with Crippen LogP contribution in [0.5, 0.6) is 0 Å². The number of hydrogen-bond donors (Lipinski definition) is 4. The van der Waals surface area contributed by atoms with Gasteiger partial charge < -0.3 is 40.2 Å². The summed E-state index contributed by atoms with van der Waals surface area (Å²) >= 11 is 0. The lowest BCUT2D eigenvalue weighted by Gasteiger charge is -2.18. The van der Waals surface area contributed by atoms with E-state index in [1.807, 2.05) is 134 Å².